The summed E-state index contributed by atoms with van der Waals surface area (Å²) in [4.78, 5) is 2.29. The fraction of sp³-hybridized carbons (Fsp3) is 0.833. The van der Waals surface area contributed by atoms with Crippen LogP contribution in [0.4, 0.5) is 0 Å². The molecule has 2 atom stereocenters. The molecule has 0 amide bonds. The second-order valence-corrected chi connectivity index (χ2v) is 4.76. The van der Waals surface area contributed by atoms with E-state index in [4.69, 9.17) is 4.74 Å². The van der Waals surface area contributed by atoms with E-state index in [9.17, 15) is 0 Å². The molecule has 0 saturated heterocycles. The molecule has 0 aromatic heterocycles. The van der Waals surface area contributed by atoms with E-state index < -0.39 is 0 Å². The molecule has 0 bridgehead atoms. The van der Waals surface area contributed by atoms with Gasteiger partial charge in [-0.25, -0.2) is 0 Å². The second-order valence-electron chi connectivity index (χ2n) is 4.76. The lowest BCUT2D eigenvalue weighted by Gasteiger charge is -2.36. The molecule has 1 aliphatic carbocycles. The molecule has 0 aliphatic heterocycles. The Hall–Kier alpha value is -0.660. The highest BCUT2D eigenvalue weighted by atomic mass is 16.5. The molecule has 0 N–H and O–H groups in total. The number of rotatable bonds is 3. The number of hydrogen-bond acceptors (Lipinski definition) is 2. The smallest absolute Gasteiger partial charge is 0.0983 e. The van der Waals surface area contributed by atoms with Gasteiger partial charge >= 0.3 is 0 Å². The standard InChI is InChI=1S/C12H23NO/c1-10-7-11(2)9-12(8-10)13(3)5-6-14-4/h5-6,10-12H,7-9H2,1-4H3/b6-5-. The number of ether oxygens (including phenoxy) is 1. The molecular weight excluding hydrogens is 174 g/mol. The van der Waals surface area contributed by atoms with Crippen LogP contribution in [0.1, 0.15) is 33.1 Å². The predicted molar refractivity (Wildman–Crippen MR) is 59.9 cm³/mol. The second kappa shape index (κ2) is 5.28. The van der Waals surface area contributed by atoms with Crippen LogP contribution in [0.15, 0.2) is 12.5 Å². The van der Waals surface area contributed by atoms with Gasteiger partial charge in [-0.05, 0) is 31.1 Å². The summed E-state index contributed by atoms with van der Waals surface area (Å²) in [5.74, 6) is 1.73. The zero-order valence-electron chi connectivity index (χ0n) is 9.86. The van der Waals surface area contributed by atoms with E-state index in [1.807, 2.05) is 6.20 Å². The van der Waals surface area contributed by atoms with Gasteiger partial charge < -0.3 is 9.64 Å². The quantitative estimate of drug-likeness (QED) is 0.645. The van der Waals surface area contributed by atoms with Gasteiger partial charge in [0.05, 0.1) is 13.4 Å². The SMILES string of the molecule is CO/C=C\N(C)C1CC(C)CC(C)C1. The summed E-state index contributed by atoms with van der Waals surface area (Å²) in [5, 5.41) is 0. The maximum Gasteiger partial charge on any atom is 0.0983 e. The van der Waals surface area contributed by atoms with Gasteiger partial charge in [0.15, 0.2) is 0 Å². The predicted octanol–water partition coefficient (Wildman–Crippen LogP) is 2.86. The molecule has 0 radical (unpaired) electrons. The molecule has 1 fully saturated rings. The molecular formula is C12H23NO. The molecule has 0 aromatic carbocycles. The van der Waals surface area contributed by atoms with E-state index in [2.05, 4.69) is 25.8 Å². The van der Waals surface area contributed by atoms with E-state index in [-0.39, 0.29) is 0 Å². The Balaban J connectivity index is 2.46. The third-order valence-electron chi connectivity index (χ3n) is 3.16. The monoisotopic (exact) mass is 197 g/mol. The van der Waals surface area contributed by atoms with Crippen molar-refractivity contribution in [3.05, 3.63) is 12.5 Å². The molecule has 2 unspecified atom stereocenters. The van der Waals surface area contributed by atoms with Crippen LogP contribution in [-0.2, 0) is 4.74 Å². The first-order chi connectivity index (χ1) is 6.63. The zero-order valence-corrected chi connectivity index (χ0v) is 9.86. The van der Waals surface area contributed by atoms with Crippen molar-refractivity contribution in [1.82, 2.24) is 4.90 Å². The molecule has 14 heavy (non-hydrogen) atoms. The van der Waals surface area contributed by atoms with Gasteiger partial charge in [0.2, 0.25) is 0 Å². The van der Waals surface area contributed by atoms with E-state index in [1.54, 1.807) is 13.4 Å². The molecule has 2 nitrogen and oxygen atoms in total. The summed E-state index contributed by atoms with van der Waals surface area (Å²) in [6.45, 7) is 4.72. The van der Waals surface area contributed by atoms with Gasteiger partial charge in [-0.15, -0.1) is 0 Å². The fourth-order valence-corrected chi connectivity index (χ4v) is 2.52. The lowest BCUT2D eigenvalue weighted by molar-refractivity contribution is 0.168. The van der Waals surface area contributed by atoms with Crippen LogP contribution in [-0.4, -0.2) is 25.1 Å². The summed E-state index contributed by atoms with van der Waals surface area (Å²) in [6, 6.07) is 0.695. The third-order valence-corrected chi connectivity index (χ3v) is 3.16. The molecule has 1 aliphatic rings. The van der Waals surface area contributed by atoms with Crippen molar-refractivity contribution in [2.24, 2.45) is 11.8 Å². The number of hydrogen-bond donors (Lipinski definition) is 0. The van der Waals surface area contributed by atoms with Gasteiger partial charge in [-0.1, -0.05) is 13.8 Å². The molecule has 82 valence electrons. The maximum atomic E-state index is 4.93. The summed E-state index contributed by atoms with van der Waals surface area (Å²) >= 11 is 0. The average Bonchev–Trinajstić information content (AvgIpc) is 2.12. The van der Waals surface area contributed by atoms with Gasteiger partial charge in [0, 0.05) is 19.3 Å². The average molecular weight is 197 g/mol. The number of nitrogens with zero attached hydrogens (tertiary/aromatic N) is 1. The van der Waals surface area contributed by atoms with E-state index in [0.717, 1.165) is 11.8 Å². The summed E-state index contributed by atoms with van der Waals surface area (Å²) in [5.41, 5.74) is 0. The highest BCUT2D eigenvalue weighted by Crippen LogP contribution is 2.30. The Morgan fingerprint density at radius 3 is 2.21 bits per heavy atom. The molecule has 1 saturated carbocycles. The highest BCUT2D eigenvalue weighted by molar-refractivity contribution is 4.85. The first-order valence-corrected chi connectivity index (χ1v) is 5.55. The van der Waals surface area contributed by atoms with Crippen LogP contribution < -0.4 is 0 Å². The Morgan fingerprint density at radius 1 is 1.14 bits per heavy atom. The van der Waals surface area contributed by atoms with E-state index in [1.165, 1.54) is 19.3 Å². The third kappa shape index (κ3) is 3.24. The molecule has 0 spiro atoms. The van der Waals surface area contributed by atoms with Gasteiger partial charge in [0.1, 0.15) is 0 Å². The van der Waals surface area contributed by atoms with Crippen molar-refractivity contribution >= 4 is 0 Å². The van der Waals surface area contributed by atoms with E-state index >= 15 is 0 Å². The minimum Gasteiger partial charge on any atom is -0.503 e. The van der Waals surface area contributed by atoms with Crippen molar-refractivity contribution < 1.29 is 4.74 Å². The summed E-state index contributed by atoms with van der Waals surface area (Å²) in [6.07, 6.45) is 7.81. The Kier molecular flexibility index (Phi) is 4.30. The van der Waals surface area contributed by atoms with Crippen LogP contribution in [0.25, 0.3) is 0 Å². The Bertz CT molecular complexity index is 181. The minimum absolute atomic E-state index is 0.695. The van der Waals surface area contributed by atoms with Gasteiger partial charge in [0.25, 0.3) is 0 Å². The molecule has 1 rings (SSSR count). The van der Waals surface area contributed by atoms with Crippen LogP contribution in [0.2, 0.25) is 0 Å². The molecule has 2 heteroatoms. The van der Waals surface area contributed by atoms with Crippen molar-refractivity contribution in [1.29, 1.82) is 0 Å². The van der Waals surface area contributed by atoms with Crippen LogP contribution in [0, 0.1) is 11.8 Å². The number of methoxy groups -OCH3 is 1. The topological polar surface area (TPSA) is 12.5 Å². The van der Waals surface area contributed by atoms with Crippen molar-refractivity contribution in [2.75, 3.05) is 14.2 Å². The van der Waals surface area contributed by atoms with Crippen molar-refractivity contribution in [3.63, 3.8) is 0 Å². The summed E-state index contributed by atoms with van der Waals surface area (Å²) in [7, 11) is 3.83. The molecule has 0 aromatic rings. The minimum atomic E-state index is 0.695. The van der Waals surface area contributed by atoms with Crippen molar-refractivity contribution in [3.8, 4) is 0 Å². The Morgan fingerprint density at radius 2 is 1.71 bits per heavy atom. The fourth-order valence-electron chi connectivity index (χ4n) is 2.52. The zero-order chi connectivity index (χ0) is 10.6. The highest BCUT2D eigenvalue weighted by Gasteiger charge is 2.25. The maximum absolute atomic E-state index is 4.93. The lowest BCUT2D eigenvalue weighted by atomic mass is 9.80. The van der Waals surface area contributed by atoms with Crippen LogP contribution in [0.5, 0.6) is 0 Å². The van der Waals surface area contributed by atoms with Gasteiger partial charge in [-0.2, -0.15) is 0 Å². The first kappa shape index (κ1) is 11.4. The van der Waals surface area contributed by atoms with Crippen molar-refractivity contribution in [2.45, 2.75) is 39.2 Å². The Labute approximate surface area is 87.9 Å². The van der Waals surface area contributed by atoms with Gasteiger partial charge in [-0.3, -0.25) is 0 Å². The van der Waals surface area contributed by atoms with Crippen LogP contribution in [0.3, 0.4) is 0 Å². The van der Waals surface area contributed by atoms with E-state index in [0.29, 0.717) is 6.04 Å². The van der Waals surface area contributed by atoms with Crippen LogP contribution >= 0.6 is 0 Å². The molecule has 0 heterocycles. The lowest BCUT2D eigenvalue weighted by Crippen LogP contribution is -2.34. The normalized spacial score (nSPS) is 33.3. The summed E-state index contributed by atoms with van der Waals surface area (Å²) < 4.78 is 4.93. The largest absolute Gasteiger partial charge is 0.503 e. The first-order valence-electron chi connectivity index (χ1n) is 5.55.